The van der Waals surface area contributed by atoms with Gasteiger partial charge in [-0.2, -0.15) is 0 Å². The number of methoxy groups -OCH3 is 1. The maximum absolute atomic E-state index is 12.1. The van der Waals surface area contributed by atoms with E-state index in [1.54, 1.807) is 12.1 Å². The SMILES string of the molecule is COc1cccc(S(=O)(=O)NCC2CCS(=O)(=O)C2)c1. The molecule has 1 aliphatic heterocycles. The number of hydrogen-bond donors (Lipinski definition) is 1. The maximum Gasteiger partial charge on any atom is 0.240 e. The molecular weight excluding hydrogens is 302 g/mol. The zero-order chi connectivity index (χ0) is 14.8. The number of sulfonamides is 1. The third-order valence-electron chi connectivity index (χ3n) is 3.24. The van der Waals surface area contributed by atoms with E-state index in [-0.39, 0.29) is 28.9 Å². The van der Waals surface area contributed by atoms with E-state index in [9.17, 15) is 16.8 Å². The van der Waals surface area contributed by atoms with Crippen LogP contribution in [0.3, 0.4) is 0 Å². The largest absolute Gasteiger partial charge is 0.497 e. The van der Waals surface area contributed by atoms with Crippen LogP contribution in [0.5, 0.6) is 5.75 Å². The molecule has 1 atom stereocenters. The van der Waals surface area contributed by atoms with Crippen molar-refractivity contribution in [2.24, 2.45) is 5.92 Å². The van der Waals surface area contributed by atoms with Crippen molar-refractivity contribution >= 4 is 19.9 Å². The number of hydrogen-bond acceptors (Lipinski definition) is 5. The Morgan fingerprint density at radius 1 is 1.40 bits per heavy atom. The summed E-state index contributed by atoms with van der Waals surface area (Å²) in [4.78, 5) is 0.109. The zero-order valence-corrected chi connectivity index (χ0v) is 12.7. The van der Waals surface area contributed by atoms with E-state index in [0.717, 1.165) is 0 Å². The second-order valence-corrected chi connectivity index (χ2v) is 8.80. The van der Waals surface area contributed by atoms with Crippen LogP contribution < -0.4 is 9.46 Å². The van der Waals surface area contributed by atoms with Crippen molar-refractivity contribution in [3.05, 3.63) is 24.3 Å². The first kappa shape index (κ1) is 15.3. The topological polar surface area (TPSA) is 89.5 Å². The van der Waals surface area contributed by atoms with Gasteiger partial charge in [0.25, 0.3) is 0 Å². The summed E-state index contributed by atoms with van der Waals surface area (Å²) >= 11 is 0. The monoisotopic (exact) mass is 319 g/mol. The summed E-state index contributed by atoms with van der Waals surface area (Å²) in [6.07, 6.45) is 0.503. The van der Waals surface area contributed by atoms with Gasteiger partial charge in [0.05, 0.1) is 23.5 Å². The molecule has 112 valence electrons. The predicted octanol–water partition coefficient (Wildman–Crippen LogP) is 0.408. The van der Waals surface area contributed by atoms with Crippen LogP contribution in [-0.4, -0.2) is 42.0 Å². The quantitative estimate of drug-likeness (QED) is 0.849. The molecule has 1 aromatic rings. The summed E-state index contributed by atoms with van der Waals surface area (Å²) in [7, 11) is -5.17. The van der Waals surface area contributed by atoms with Gasteiger partial charge < -0.3 is 4.74 Å². The molecule has 1 N–H and O–H groups in total. The average molecular weight is 319 g/mol. The lowest BCUT2D eigenvalue weighted by molar-refractivity contribution is 0.413. The lowest BCUT2D eigenvalue weighted by Crippen LogP contribution is -2.30. The Morgan fingerprint density at radius 2 is 2.15 bits per heavy atom. The van der Waals surface area contributed by atoms with E-state index >= 15 is 0 Å². The van der Waals surface area contributed by atoms with Gasteiger partial charge >= 0.3 is 0 Å². The molecule has 8 heteroatoms. The van der Waals surface area contributed by atoms with Crippen molar-refractivity contribution in [2.75, 3.05) is 25.2 Å². The van der Waals surface area contributed by atoms with Crippen molar-refractivity contribution in [3.63, 3.8) is 0 Å². The van der Waals surface area contributed by atoms with Crippen molar-refractivity contribution in [1.29, 1.82) is 0 Å². The van der Waals surface area contributed by atoms with Crippen LogP contribution in [0.15, 0.2) is 29.2 Å². The predicted molar refractivity (Wildman–Crippen MR) is 74.9 cm³/mol. The third kappa shape index (κ3) is 3.71. The van der Waals surface area contributed by atoms with E-state index < -0.39 is 19.9 Å². The molecule has 1 fully saturated rings. The number of nitrogens with one attached hydrogen (secondary N) is 1. The van der Waals surface area contributed by atoms with Gasteiger partial charge in [-0.3, -0.25) is 0 Å². The van der Waals surface area contributed by atoms with Crippen LogP contribution in [0.2, 0.25) is 0 Å². The van der Waals surface area contributed by atoms with Crippen molar-refractivity contribution in [1.82, 2.24) is 4.72 Å². The van der Waals surface area contributed by atoms with Gasteiger partial charge in [0.1, 0.15) is 5.75 Å². The van der Waals surface area contributed by atoms with Crippen molar-refractivity contribution < 1.29 is 21.6 Å². The molecule has 0 amide bonds. The first-order valence-electron chi connectivity index (χ1n) is 6.16. The lowest BCUT2D eigenvalue weighted by Gasteiger charge is -2.11. The Kier molecular flexibility index (Phi) is 4.36. The van der Waals surface area contributed by atoms with E-state index in [1.807, 2.05) is 0 Å². The van der Waals surface area contributed by atoms with Gasteiger partial charge in [0, 0.05) is 12.6 Å². The zero-order valence-electron chi connectivity index (χ0n) is 11.1. The highest BCUT2D eigenvalue weighted by Crippen LogP contribution is 2.20. The number of benzene rings is 1. The van der Waals surface area contributed by atoms with Gasteiger partial charge in [-0.15, -0.1) is 0 Å². The molecule has 1 aromatic carbocycles. The molecule has 1 saturated heterocycles. The van der Waals surface area contributed by atoms with Crippen molar-refractivity contribution in [2.45, 2.75) is 11.3 Å². The highest BCUT2D eigenvalue weighted by Gasteiger charge is 2.29. The van der Waals surface area contributed by atoms with E-state index in [1.165, 1.54) is 19.2 Å². The Bertz CT molecular complexity index is 682. The van der Waals surface area contributed by atoms with E-state index in [2.05, 4.69) is 4.72 Å². The van der Waals surface area contributed by atoms with Crippen LogP contribution in [0.4, 0.5) is 0 Å². The number of ether oxygens (including phenoxy) is 1. The molecule has 0 saturated carbocycles. The van der Waals surface area contributed by atoms with Gasteiger partial charge in [-0.25, -0.2) is 21.6 Å². The molecule has 6 nitrogen and oxygen atoms in total. The maximum atomic E-state index is 12.1. The smallest absolute Gasteiger partial charge is 0.240 e. The molecule has 0 spiro atoms. The Balaban J connectivity index is 2.04. The Hall–Kier alpha value is -1.12. The lowest BCUT2D eigenvalue weighted by atomic mass is 10.1. The van der Waals surface area contributed by atoms with Gasteiger partial charge in [0.2, 0.25) is 10.0 Å². The molecule has 0 aliphatic carbocycles. The van der Waals surface area contributed by atoms with Crippen LogP contribution in [-0.2, 0) is 19.9 Å². The third-order valence-corrected chi connectivity index (χ3v) is 6.50. The fraction of sp³-hybridized carbons (Fsp3) is 0.500. The first-order valence-corrected chi connectivity index (χ1v) is 9.47. The highest BCUT2D eigenvalue weighted by molar-refractivity contribution is 7.91. The molecule has 1 heterocycles. The molecule has 0 radical (unpaired) electrons. The van der Waals surface area contributed by atoms with E-state index in [4.69, 9.17) is 4.74 Å². The first-order chi connectivity index (χ1) is 9.32. The molecule has 2 rings (SSSR count). The summed E-state index contributed by atoms with van der Waals surface area (Å²) in [6, 6.07) is 6.14. The summed E-state index contributed by atoms with van der Waals surface area (Å²) in [5.74, 6) is 0.489. The van der Waals surface area contributed by atoms with Crippen LogP contribution >= 0.6 is 0 Å². The van der Waals surface area contributed by atoms with Crippen LogP contribution in [0.25, 0.3) is 0 Å². The molecule has 0 bridgehead atoms. The van der Waals surface area contributed by atoms with Gasteiger partial charge in [-0.05, 0) is 24.5 Å². The second kappa shape index (κ2) is 5.71. The minimum Gasteiger partial charge on any atom is -0.497 e. The summed E-state index contributed by atoms with van der Waals surface area (Å²) < 4.78 is 54.3. The molecule has 1 unspecified atom stereocenters. The Labute approximate surface area is 119 Å². The number of rotatable bonds is 5. The molecule has 1 aliphatic rings. The van der Waals surface area contributed by atoms with Crippen LogP contribution in [0.1, 0.15) is 6.42 Å². The summed E-state index contributed by atoms with van der Waals surface area (Å²) in [6.45, 7) is 0.138. The fourth-order valence-corrected chi connectivity index (χ4v) is 5.12. The minimum atomic E-state index is -3.64. The summed E-state index contributed by atoms with van der Waals surface area (Å²) in [5, 5.41) is 0. The fourth-order valence-electron chi connectivity index (χ4n) is 2.11. The van der Waals surface area contributed by atoms with E-state index in [0.29, 0.717) is 12.2 Å². The second-order valence-electron chi connectivity index (χ2n) is 4.80. The Morgan fingerprint density at radius 3 is 2.75 bits per heavy atom. The molecule has 20 heavy (non-hydrogen) atoms. The van der Waals surface area contributed by atoms with Crippen LogP contribution in [0, 0.1) is 5.92 Å². The van der Waals surface area contributed by atoms with Crippen molar-refractivity contribution in [3.8, 4) is 5.75 Å². The number of sulfone groups is 1. The summed E-state index contributed by atoms with van der Waals surface area (Å²) in [5.41, 5.74) is 0. The molecule has 0 aromatic heterocycles. The highest BCUT2D eigenvalue weighted by atomic mass is 32.2. The van der Waals surface area contributed by atoms with Gasteiger partial charge in [-0.1, -0.05) is 6.07 Å². The average Bonchev–Trinajstić information content (AvgIpc) is 2.76. The standard InChI is InChI=1S/C12H17NO5S2/c1-18-11-3-2-4-12(7-11)20(16,17)13-8-10-5-6-19(14,15)9-10/h2-4,7,10,13H,5-6,8-9H2,1H3. The normalized spacial score (nSPS) is 21.8. The van der Waals surface area contributed by atoms with Gasteiger partial charge in [0.15, 0.2) is 9.84 Å². The minimum absolute atomic E-state index is 0.0492. The molecular formula is C12H17NO5S2.